The molecule has 0 radical (unpaired) electrons. The van der Waals surface area contributed by atoms with Crippen molar-refractivity contribution in [3.05, 3.63) is 33.9 Å². The van der Waals surface area contributed by atoms with Gasteiger partial charge in [-0.2, -0.15) is 4.98 Å². The van der Waals surface area contributed by atoms with Gasteiger partial charge in [0.05, 0.1) is 12.3 Å². The van der Waals surface area contributed by atoms with E-state index in [4.69, 9.17) is 10.5 Å². The van der Waals surface area contributed by atoms with E-state index in [-0.39, 0.29) is 5.82 Å². The van der Waals surface area contributed by atoms with Gasteiger partial charge in [0.15, 0.2) is 5.82 Å². The third-order valence-corrected chi connectivity index (χ3v) is 3.21. The van der Waals surface area contributed by atoms with Crippen molar-refractivity contribution in [2.45, 2.75) is 6.92 Å². The number of nitrogen functional groups attached to an aromatic ring is 1. The Hall–Kier alpha value is -1.64. The number of hydrogen-bond acceptors (Lipinski definition) is 5. The fraction of sp³-hybridized carbons (Fsp3) is 0.167. The molecule has 0 saturated heterocycles. The number of halogens is 2. The summed E-state index contributed by atoms with van der Waals surface area (Å²) in [7, 11) is 0. The summed E-state index contributed by atoms with van der Waals surface area (Å²) in [5.41, 5.74) is 6.95. The topological polar surface area (TPSA) is 73.1 Å². The Morgan fingerprint density at radius 2 is 2.21 bits per heavy atom. The molecule has 0 aliphatic rings. The first-order valence-corrected chi connectivity index (χ1v) is 6.65. The Morgan fingerprint density at radius 1 is 1.42 bits per heavy atom. The third-order valence-electron chi connectivity index (χ3n) is 2.31. The number of aromatic nitrogens is 2. The van der Waals surface area contributed by atoms with E-state index in [0.29, 0.717) is 24.0 Å². The monoisotopic (exact) mass is 374 g/mol. The molecule has 0 aliphatic carbocycles. The summed E-state index contributed by atoms with van der Waals surface area (Å²) in [6.07, 6.45) is 1.36. The smallest absolute Gasteiger partial charge is 0.242 e. The lowest BCUT2D eigenvalue weighted by Gasteiger charge is -2.12. The highest BCUT2D eigenvalue weighted by atomic mass is 127. The van der Waals surface area contributed by atoms with E-state index in [9.17, 15) is 4.39 Å². The van der Waals surface area contributed by atoms with Gasteiger partial charge in [0.25, 0.3) is 0 Å². The van der Waals surface area contributed by atoms with Crippen LogP contribution in [-0.2, 0) is 0 Å². The zero-order chi connectivity index (χ0) is 13.8. The van der Waals surface area contributed by atoms with Gasteiger partial charge in [-0.1, -0.05) is 0 Å². The minimum absolute atomic E-state index is 0.291. The van der Waals surface area contributed by atoms with Gasteiger partial charge in [-0.25, -0.2) is 9.37 Å². The minimum Gasteiger partial charge on any atom is -0.476 e. The maximum absolute atomic E-state index is 13.0. The first-order chi connectivity index (χ1) is 9.11. The number of anilines is 3. The van der Waals surface area contributed by atoms with Gasteiger partial charge in [-0.05, 0) is 47.7 Å². The van der Waals surface area contributed by atoms with Crippen LogP contribution < -0.4 is 15.8 Å². The van der Waals surface area contributed by atoms with Gasteiger partial charge < -0.3 is 15.8 Å². The Labute approximate surface area is 123 Å². The Balaban J connectivity index is 2.30. The maximum Gasteiger partial charge on any atom is 0.242 e. The van der Waals surface area contributed by atoms with Crippen molar-refractivity contribution < 1.29 is 9.13 Å². The molecule has 5 nitrogen and oxygen atoms in total. The van der Waals surface area contributed by atoms with Crippen LogP contribution in [0.15, 0.2) is 24.5 Å². The molecule has 2 aromatic rings. The molecule has 0 atom stereocenters. The number of ether oxygens (including phenoxy) is 1. The van der Waals surface area contributed by atoms with Crippen LogP contribution in [0.1, 0.15) is 6.92 Å². The average molecular weight is 374 g/mol. The molecule has 0 spiro atoms. The normalized spacial score (nSPS) is 10.3. The predicted molar refractivity (Wildman–Crippen MR) is 80.0 cm³/mol. The second-order valence-corrected chi connectivity index (χ2v) is 4.79. The molecule has 0 unspecified atom stereocenters. The molecule has 19 heavy (non-hydrogen) atoms. The molecular formula is C12H12FIN4O. The third kappa shape index (κ3) is 3.22. The Morgan fingerprint density at radius 3 is 2.89 bits per heavy atom. The molecule has 3 N–H and O–H groups in total. The summed E-state index contributed by atoms with van der Waals surface area (Å²) in [5.74, 6) is 0.473. The molecular weight excluding hydrogens is 362 g/mol. The zero-order valence-electron chi connectivity index (χ0n) is 10.2. The molecule has 0 aliphatic heterocycles. The van der Waals surface area contributed by atoms with Crippen molar-refractivity contribution in [2.24, 2.45) is 0 Å². The van der Waals surface area contributed by atoms with Crippen LogP contribution in [0, 0.1) is 9.39 Å². The van der Waals surface area contributed by atoms with E-state index in [0.717, 1.165) is 9.26 Å². The SMILES string of the molecule is CCOc1ncnc(Nc2ccc(F)cc2I)c1N. The highest BCUT2D eigenvalue weighted by Gasteiger charge is 2.10. The standard InChI is InChI=1S/C12H12FIN4O/c1-2-19-12-10(15)11(16-6-17-12)18-9-4-3-7(13)5-8(9)14/h3-6H,2,15H2,1H3,(H,16,17,18). The van der Waals surface area contributed by atoms with Crippen LogP contribution in [-0.4, -0.2) is 16.6 Å². The van der Waals surface area contributed by atoms with E-state index in [2.05, 4.69) is 15.3 Å². The highest BCUT2D eigenvalue weighted by molar-refractivity contribution is 14.1. The summed E-state index contributed by atoms with van der Waals surface area (Å²) in [5, 5.41) is 3.04. The van der Waals surface area contributed by atoms with Crippen molar-refractivity contribution in [1.29, 1.82) is 0 Å². The molecule has 100 valence electrons. The van der Waals surface area contributed by atoms with Crippen molar-refractivity contribution in [2.75, 3.05) is 17.7 Å². The van der Waals surface area contributed by atoms with Gasteiger partial charge in [-0.15, -0.1) is 0 Å². The largest absolute Gasteiger partial charge is 0.476 e. The number of benzene rings is 1. The summed E-state index contributed by atoms with van der Waals surface area (Å²) in [4.78, 5) is 8.00. The van der Waals surface area contributed by atoms with Gasteiger partial charge >= 0.3 is 0 Å². The quantitative estimate of drug-likeness (QED) is 0.806. The summed E-state index contributed by atoms with van der Waals surface area (Å²) in [6.45, 7) is 2.31. The van der Waals surface area contributed by atoms with E-state index < -0.39 is 0 Å². The van der Waals surface area contributed by atoms with Crippen LogP contribution in [0.5, 0.6) is 5.88 Å². The molecule has 0 bridgehead atoms. The molecule has 0 fully saturated rings. The average Bonchev–Trinajstić information content (AvgIpc) is 2.37. The lowest BCUT2D eigenvalue weighted by Crippen LogP contribution is -2.05. The summed E-state index contributed by atoms with van der Waals surface area (Å²) in [6, 6.07) is 4.41. The van der Waals surface area contributed by atoms with Gasteiger partial charge in [0.1, 0.15) is 17.8 Å². The molecule has 1 aromatic heterocycles. The lowest BCUT2D eigenvalue weighted by molar-refractivity contribution is 0.328. The van der Waals surface area contributed by atoms with Gasteiger partial charge in [0, 0.05) is 3.57 Å². The molecule has 0 amide bonds. The van der Waals surface area contributed by atoms with Crippen LogP contribution in [0.3, 0.4) is 0 Å². The van der Waals surface area contributed by atoms with Crippen molar-refractivity contribution in [3.63, 3.8) is 0 Å². The van der Waals surface area contributed by atoms with Crippen molar-refractivity contribution in [3.8, 4) is 5.88 Å². The van der Waals surface area contributed by atoms with E-state index in [1.807, 2.05) is 29.5 Å². The number of hydrogen-bond donors (Lipinski definition) is 2. The van der Waals surface area contributed by atoms with Crippen LogP contribution in [0.2, 0.25) is 0 Å². The highest BCUT2D eigenvalue weighted by Crippen LogP contribution is 2.29. The minimum atomic E-state index is -0.291. The second-order valence-electron chi connectivity index (χ2n) is 3.62. The first-order valence-electron chi connectivity index (χ1n) is 5.57. The summed E-state index contributed by atoms with van der Waals surface area (Å²) < 4.78 is 19.0. The molecule has 1 aromatic carbocycles. The summed E-state index contributed by atoms with van der Waals surface area (Å²) >= 11 is 2.03. The second kappa shape index (κ2) is 6.00. The maximum atomic E-state index is 13.0. The van der Waals surface area contributed by atoms with Crippen molar-refractivity contribution in [1.82, 2.24) is 9.97 Å². The van der Waals surface area contributed by atoms with E-state index in [1.54, 1.807) is 6.07 Å². The fourth-order valence-electron chi connectivity index (χ4n) is 1.45. The Bertz CT molecular complexity index is 594. The molecule has 2 rings (SSSR count). The number of nitrogens with two attached hydrogens (primary N) is 1. The van der Waals surface area contributed by atoms with Crippen LogP contribution in [0.4, 0.5) is 21.6 Å². The van der Waals surface area contributed by atoms with Gasteiger partial charge in [0.2, 0.25) is 5.88 Å². The molecule has 7 heteroatoms. The fourth-order valence-corrected chi connectivity index (χ4v) is 2.06. The first kappa shape index (κ1) is 13.8. The number of nitrogens with one attached hydrogen (secondary N) is 1. The molecule has 0 saturated carbocycles. The number of rotatable bonds is 4. The van der Waals surface area contributed by atoms with Crippen molar-refractivity contribution >= 4 is 39.8 Å². The van der Waals surface area contributed by atoms with E-state index >= 15 is 0 Å². The lowest BCUT2D eigenvalue weighted by atomic mass is 10.3. The Kier molecular flexibility index (Phi) is 4.35. The number of nitrogens with zero attached hydrogens (tertiary/aromatic N) is 2. The van der Waals surface area contributed by atoms with Crippen LogP contribution >= 0.6 is 22.6 Å². The zero-order valence-corrected chi connectivity index (χ0v) is 12.3. The van der Waals surface area contributed by atoms with Gasteiger partial charge in [-0.3, -0.25) is 0 Å². The van der Waals surface area contributed by atoms with Crippen LogP contribution in [0.25, 0.3) is 0 Å². The van der Waals surface area contributed by atoms with E-state index in [1.165, 1.54) is 18.5 Å². The predicted octanol–water partition coefficient (Wildman–Crippen LogP) is 2.94. The molecule has 1 heterocycles.